The van der Waals surface area contributed by atoms with E-state index in [0.717, 1.165) is 4.68 Å². The first-order valence-corrected chi connectivity index (χ1v) is 3.90. The predicted octanol–water partition coefficient (Wildman–Crippen LogP) is 1.06. The zero-order valence-electron chi connectivity index (χ0n) is 6.16. The van der Waals surface area contributed by atoms with Gasteiger partial charge in [-0.25, -0.2) is 4.68 Å². The maximum atomic E-state index is 11.2. The molecule has 0 aliphatic heterocycles. The van der Waals surface area contributed by atoms with Crippen LogP contribution in [0.3, 0.4) is 0 Å². The molecule has 0 amide bonds. The maximum Gasteiger partial charge on any atom is 0.289 e. The van der Waals surface area contributed by atoms with Gasteiger partial charge in [-0.15, -0.1) is 0 Å². The highest BCUT2D eigenvalue weighted by molar-refractivity contribution is 6.41. The van der Waals surface area contributed by atoms with E-state index in [2.05, 4.69) is 5.10 Å². The lowest BCUT2D eigenvalue weighted by Gasteiger charge is -2.06. The van der Waals surface area contributed by atoms with Crippen LogP contribution in [-0.4, -0.2) is 14.9 Å². The molecule has 4 nitrogen and oxygen atoms in total. The predicted molar refractivity (Wildman–Crippen MR) is 45.4 cm³/mol. The van der Waals surface area contributed by atoms with E-state index in [9.17, 15) is 4.79 Å². The summed E-state index contributed by atoms with van der Waals surface area (Å²) >= 11 is 11.0. The summed E-state index contributed by atoms with van der Waals surface area (Å²) in [4.78, 5) is 11.2. The molecule has 1 N–H and O–H groups in total. The zero-order chi connectivity index (χ0) is 9.30. The van der Waals surface area contributed by atoms with Crippen molar-refractivity contribution in [1.29, 1.82) is 0 Å². The Hall–Kier alpha value is -0.580. The Morgan fingerprint density at radius 2 is 2.25 bits per heavy atom. The fourth-order valence-electron chi connectivity index (χ4n) is 0.691. The van der Waals surface area contributed by atoms with E-state index in [1.165, 1.54) is 13.1 Å². The molecular formula is C6H6Cl2N2O2. The summed E-state index contributed by atoms with van der Waals surface area (Å²) < 4.78 is 0.841. The van der Waals surface area contributed by atoms with E-state index in [-0.39, 0.29) is 10.0 Å². The van der Waals surface area contributed by atoms with Crippen molar-refractivity contribution in [3.8, 4) is 0 Å². The van der Waals surface area contributed by atoms with Gasteiger partial charge in [0.15, 0.2) is 0 Å². The average Bonchev–Trinajstić information content (AvgIpc) is 2.00. The van der Waals surface area contributed by atoms with Gasteiger partial charge in [0, 0.05) is 0 Å². The van der Waals surface area contributed by atoms with Gasteiger partial charge in [-0.2, -0.15) is 5.10 Å². The van der Waals surface area contributed by atoms with Crippen LogP contribution in [0.1, 0.15) is 13.2 Å². The van der Waals surface area contributed by atoms with E-state index in [1.54, 1.807) is 0 Å². The maximum absolute atomic E-state index is 11.2. The second-order valence-electron chi connectivity index (χ2n) is 2.19. The first-order valence-electron chi connectivity index (χ1n) is 3.15. The molecule has 0 spiro atoms. The number of halogens is 2. The van der Waals surface area contributed by atoms with Crippen LogP contribution in [0.5, 0.6) is 0 Å². The average molecular weight is 209 g/mol. The smallest absolute Gasteiger partial charge is 0.289 e. The number of aliphatic hydroxyl groups excluding tert-OH is 1. The summed E-state index contributed by atoms with van der Waals surface area (Å²) in [5, 5.41) is 12.5. The molecule has 0 aliphatic rings. The van der Waals surface area contributed by atoms with Crippen molar-refractivity contribution < 1.29 is 5.11 Å². The molecule has 1 unspecified atom stereocenters. The third-order valence-electron chi connectivity index (χ3n) is 1.25. The van der Waals surface area contributed by atoms with Crippen molar-refractivity contribution in [3.63, 3.8) is 0 Å². The van der Waals surface area contributed by atoms with Gasteiger partial charge < -0.3 is 5.11 Å². The molecule has 0 fully saturated rings. The van der Waals surface area contributed by atoms with Crippen molar-refractivity contribution in [2.45, 2.75) is 13.2 Å². The third-order valence-corrected chi connectivity index (χ3v) is 2.00. The number of aliphatic hydroxyl groups is 1. The summed E-state index contributed by atoms with van der Waals surface area (Å²) in [6, 6.07) is 0. The summed E-state index contributed by atoms with van der Waals surface area (Å²) in [7, 11) is 0. The Kier molecular flexibility index (Phi) is 2.72. The van der Waals surface area contributed by atoms with Crippen molar-refractivity contribution in [2.75, 3.05) is 0 Å². The molecule has 1 aromatic rings. The fraction of sp³-hybridized carbons (Fsp3) is 0.333. The van der Waals surface area contributed by atoms with E-state index < -0.39 is 11.8 Å². The Bertz CT molecular complexity index is 348. The molecule has 0 saturated heterocycles. The molecule has 0 saturated carbocycles. The van der Waals surface area contributed by atoms with Gasteiger partial charge >= 0.3 is 0 Å². The minimum atomic E-state index is -1.01. The number of hydrogen-bond donors (Lipinski definition) is 1. The topological polar surface area (TPSA) is 55.1 Å². The van der Waals surface area contributed by atoms with Crippen molar-refractivity contribution in [2.24, 2.45) is 0 Å². The second kappa shape index (κ2) is 3.43. The summed E-state index contributed by atoms with van der Waals surface area (Å²) in [5.74, 6) is 0. The van der Waals surface area contributed by atoms with Gasteiger partial charge in [-0.1, -0.05) is 23.2 Å². The minimum absolute atomic E-state index is 0.0820. The first-order chi connectivity index (χ1) is 5.54. The Morgan fingerprint density at radius 1 is 1.67 bits per heavy atom. The fourth-order valence-corrected chi connectivity index (χ4v) is 0.951. The number of hydrogen-bond acceptors (Lipinski definition) is 3. The quantitative estimate of drug-likeness (QED) is 0.752. The van der Waals surface area contributed by atoms with E-state index in [1.807, 2.05) is 0 Å². The van der Waals surface area contributed by atoms with Gasteiger partial charge in [0.05, 0.1) is 11.2 Å². The Morgan fingerprint density at radius 3 is 2.75 bits per heavy atom. The van der Waals surface area contributed by atoms with Gasteiger partial charge in [-0.05, 0) is 6.92 Å². The molecule has 1 atom stereocenters. The summed E-state index contributed by atoms with van der Waals surface area (Å²) in [6.07, 6.45) is 0.199. The van der Waals surface area contributed by atoms with Crippen LogP contribution in [0.25, 0.3) is 0 Å². The number of rotatable bonds is 1. The van der Waals surface area contributed by atoms with Crippen LogP contribution in [0.15, 0.2) is 11.0 Å². The first kappa shape index (κ1) is 9.51. The molecule has 6 heteroatoms. The lowest BCUT2D eigenvalue weighted by molar-refractivity contribution is 0.105. The second-order valence-corrected chi connectivity index (χ2v) is 2.97. The molecule has 0 aromatic carbocycles. The molecule has 1 aromatic heterocycles. The highest BCUT2D eigenvalue weighted by Gasteiger charge is 2.09. The standard InChI is InChI=1S/C6H6Cl2N2O2/c1-3(11)10-6(12)5(8)4(7)2-9-10/h2-3,11H,1H3. The Labute approximate surface area is 78.3 Å². The van der Waals surface area contributed by atoms with Crippen molar-refractivity contribution >= 4 is 23.2 Å². The number of aromatic nitrogens is 2. The zero-order valence-corrected chi connectivity index (χ0v) is 7.67. The van der Waals surface area contributed by atoms with Gasteiger partial charge in [0.2, 0.25) is 0 Å². The molecule has 1 heterocycles. The van der Waals surface area contributed by atoms with Crippen LogP contribution in [0, 0.1) is 0 Å². The summed E-state index contributed by atoms with van der Waals surface area (Å²) in [6.45, 7) is 1.40. The van der Waals surface area contributed by atoms with Crippen LogP contribution in [0.4, 0.5) is 0 Å². The van der Waals surface area contributed by atoms with Crippen LogP contribution in [0.2, 0.25) is 10.0 Å². The third kappa shape index (κ3) is 1.60. The van der Waals surface area contributed by atoms with E-state index >= 15 is 0 Å². The molecule has 66 valence electrons. The lowest BCUT2D eigenvalue weighted by Crippen LogP contribution is -2.25. The van der Waals surface area contributed by atoms with Gasteiger partial charge in [0.25, 0.3) is 5.56 Å². The highest BCUT2D eigenvalue weighted by atomic mass is 35.5. The molecule has 12 heavy (non-hydrogen) atoms. The largest absolute Gasteiger partial charge is 0.372 e. The van der Waals surface area contributed by atoms with Crippen LogP contribution >= 0.6 is 23.2 Å². The van der Waals surface area contributed by atoms with E-state index in [0.29, 0.717) is 0 Å². The lowest BCUT2D eigenvalue weighted by atomic mass is 10.5. The monoisotopic (exact) mass is 208 g/mol. The van der Waals surface area contributed by atoms with Crippen LogP contribution < -0.4 is 5.56 Å². The molecule has 0 radical (unpaired) electrons. The van der Waals surface area contributed by atoms with Crippen LogP contribution in [-0.2, 0) is 0 Å². The Balaban J connectivity index is 3.37. The van der Waals surface area contributed by atoms with Crippen molar-refractivity contribution in [1.82, 2.24) is 9.78 Å². The SMILES string of the molecule is CC(O)n1ncc(Cl)c(Cl)c1=O. The van der Waals surface area contributed by atoms with Gasteiger partial charge in [-0.3, -0.25) is 4.79 Å². The summed E-state index contributed by atoms with van der Waals surface area (Å²) in [5.41, 5.74) is -0.598. The number of nitrogens with zero attached hydrogens (tertiary/aromatic N) is 2. The van der Waals surface area contributed by atoms with Crippen molar-refractivity contribution in [3.05, 3.63) is 26.6 Å². The highest BCUT2D eigenvalue weighted by Crippen LogP contribution is 2.15. The van der Waals surface area contributed by atoms with Gasteiger partial charge in [0.1, 0.15) is 11.3 Å². The normalized spacial score (nSPS) is 13.0. The minimum Gasteiger partial charge on any atom is -0.372 e. The molecule has 0 aliphatic carbocycles. The molecular weight excluding hydrogens is 203 g/mol. The van der Waals surface area contributed by atoms with E-state index in [4.69, 9.17) is 28.3 Å². The molecule has 0 bridgehead atoms. The molecule has 1 rings (SSSR count).